The van der Waals surface area contributed by atoms with E-state index < -0.39 is 13.7 Å². The van der Waals surface area contributed by atoms with Crippen molar-refractivity contribution >= 4 is 48.1 Å². The van der Waals surface area contributed by atoms with Crippen molar-refractivity contribution in [2.75, 3.05) is 37.0 Å². The monoisotopic (exact) mass is 661 g/mol. The van der Waals surface area contributed by atoms with Gasteiger partial charge in [-0.25, -0.2) is 0 Å². The number of hydrogen-bond acceptors (Lipinski definition) is 6. The Morgan fingerprint density at radius 1 is 1.15 bits per heavy atom. The molecular weight excluding hydrogens is 618 g/mol. The van der Waals surface area contributed by atoms with Gasteiger partial charge in [-0.1, -0.05) is 61.1 Å². The maximum atomic E-state index is 14.8. The molecule has 8 nitrogen and oxygen atoms in total. The Labute approximate surface area is 277 Å². The molecule has 3 aliphatic rings. The summed E-state index contributed by atoms with van der Waals surface area (Å²) in [7, 11) is -0.606. The molecule has 3 aromatic rings. The van der Waals surface area contributed by atoms with Crippen LogP contribution >= 0.6 is 11.6 Å². The van der Waals surface area contributed by atoms with Crippen molar-refractivity contribution in [3.8, 4) is 5.75 Å². The lowest BCUT2D eigenvalue weighted by Crippen LogP contribution is -2.51. The lowest BCUT2D eigenvalue weighted by Gasteiger charge is -2.37. The number of methoxy groups -OCH3 is 1. The summed E-state index contributed by atoms with van der Waals surface area (Å²) in [4.78, 5) is 29.3. The van der Waals surface area contributed by atoms with Crippen LogP contribution in [-0.2, 0) is 26.5 Å². The van der Waals surface area contributed by atoms with Gasteiger partial charge in [-0.05, 0) is 79.4 Å². The molecule has 3 heterocycles. The molecule has 0 radical (unpaired) electrons. The average Bonchev–Trinajstić information content (AvgIpc) is 3.48. The third-order valence-corrected chi connectivity index (χ3v) is 15.0. The molecule has 244 valence electrons. The van der Waals surface area contributed by atoms with Crippen LogP contribution in [0.1, 0.15) is 37.3 Å². The van der Waals surface area contributed by atoms with Crippen molar-refractivity contribution in [3.63, 3.8) is 0 Å². The smallest absolute Gasteiger partial charge is 0.264 e. The highest BCUT2D eigenvalue weighted by molar-refractivity contribution is 6.91. The van der Waals surface area contributed by atoms with Crippen molar-refractivity contribution in [1.82, 2.24) is 5.32 Å². The molecule has 6 rings (SSSR count). The van der Waals surface area contributed by atoms with Crippen molar-refractivity contribution < 1.29 is 24.2 Å². The summed E-state index contributed by atoms with van der Waals surface area (Å²) < 4.78 is 12.4. The molecule has 2 fully saturated rings. The van der Waals surface area contributed by atoms with Gasteiger partial charge in [0.2, 0.25) is 5.91 Å². The minimum absolute atomic E-state index is 0.0280. The lowest BCUT2D eigenvalue weighted by molar-refractivity contribution is -0.146. The normalized spacial score (nSPS) is 26.0. The maximum absolute atomic E-state index is 14.8. The summed E-state index contributed by atoms with van der Waals surface area (Å²) >= 11 is 6.58. The number of amides is 2. The number of ether oxygens (including phenoxy) is 2. The molecule has 1 unspecified atom stereocenters. The molecule has 0 aromatic heterocycles. The number of nitrogens with zero attached hydrogens (tertiary/aromatic N) is 1. The van der Waals surface area contributed by atoms with E-state index >= 15 is 0 Å². The number of aliphatic hydroxyl groups is 1. The van der Waals surface area contributed by atoms with Gasteiger partial charge < -0.3 is 30.1 Å². The molecule has 0 saturated carbocycles. The van der Waals surface area contributed by atoms with Gasteiger partial charge in [0.15, 0.2) is 5.60 Å². The molecule has 3 aliphatic heterocycles. The first-order valence-corrected chi connectivity index (χ1v) is 19.7. The zero-order valence-electron chi connectivity index (χ0n) is 27.0. The molecule has 0 aliphatic carbocycles. The van der Waals surface area contributed by atoms with E-state index in [1.807, 2.05) is 59.5 Å². The predicted octanol–water partition coefficient (Wildman–Crippen LogP) is 5.43. The molecule has 3 aromatic carbocycles. The van der Waals surface area contributed by atoms with E-state index in [4.69, 9.17) is 21.1 Å². The first kappa shape index (κ1) is 32.7. The largest absolute Gasteiger partial charge is 0.497 e. The third kappa shape index (κ3) is 5.77. The first-order valence-electron chi connectivity index (χ1n) is 16.3. The summed E-state index contributed by atoms with van der Waals surface area (Å²) in [5.41, 5.74) is 2.08. The fourth-order valence-corrected chi connectivity index (χ4v) is 12.3. The molecule has 0 bridgehead atoms. The van der Waals surface area contributed by atoms with Gasteiger partial charge in [0.05, 0.1) is 39.4 Å². The van der Waals surface area contributed by atoms with Gasteiger partial charge in [0.1, 0.15) is 5.75 Å². The maximum Gasteiger partial charge on any atom is 0.264 e. The molecule has 5 atom stereocenters. The standard InChI is InChI=1S/C36H44ClN3O5Si/c1-23-33(46(3,4)29-14-12-28(44-2)13-15-29)32(17-19-41)45-36(23)30-20-26(37)9-16-31(30)40(35(36)43)22-24-7-10-27(11-8-24)39-34(42)25-6-5-18-38-21-25/h7-16,20,23,25,32-33,38,41H,5-6,17-19,21-22H2,1-4H3,(H,39,42)/t23-,25?,32+,33-,36+/m1/s1. The number of aliphatic hydroxyl groups excluding tert-OH is 1. The van der Waals surface area contributed by atoms with E-state index in [2.05, 4.69) is 42.8 Å². The van der Waals surface area contributed by atoms with Crippen LogP contribution in [0.3, 0.4) is 0 Å². The Morgan fingerprint density at radius 2 is 1.89 bits per heavy atom. The van der Waals surface area contributed by atoms with Crippen molar-refractivity contribution in [2.45, 2.75) is 63.1 Å². The highest BCUT2D eigenvalue weighted by Gasteiger charge is 2.66. The lowest BCUT2D eigenvalue weighted by atomic mass is 9.82. The number of hydrogen-bond donors (Lipinski definition) is 3. The van der Waals surface area contributed by atoms with E-state index in [0.29, 0.717) is 24.5 Å². The third-order valence-electron chi connectivity index (χ3n) is 10.4. The number of fused-ring (bicyclic) bond motifs is 2. The van der Waals surface area contributed by atoms with Crippen LogP contribution in [-0.4, -0.2) is 57.9 Å². The zero-order valence-corrected chi connectivity index (χ0v) is 28.8. The van der Waals surface area contributed by atoms with Gasteiger partial charge in [-0.2, -0.15) is 0 Å². The second-order valence-corrected chi connectivity index (χ2v) is 18.6. The van der Waals surface area contributed by atoms with Gasteiger partial charge in [0, 0.05) is 35.3 Å². The number of nitrogens with one attached hydrogen (secondary N) is 2. The SMILES string of the molecule is COc1ccc([Si](C)(C)[C@H]2[C@H](CCO)O[C@@]3(C(=O)N(Cc4ccc(NC(=O)C5CCCNC5)cc4)c4ccc(Cl)cc43)[C@@H]2C)cc1. The molecule has 2 saturated heterocycles. The van der Waals surface area contributed by atoms with Crippen LogP contribution in [0.2, 0.25) is 23.7 Å². The molecular formula is C36H44ClN3O5Si. The number of halogens is 1. The van der Waals surface area contributed by atoms with Crippen LogP contribution in [0.25, 0.3) is 0 Å². The average molecular weight is 662 g/mol. The van der Waals surface area contributed by atoms with Crippen molar-refractivity contribution in [3.05, 3.63) is 82.9 Å². The van der Waals surface area contributed by atoms with E-state index in [0.717, 1.165) is 47.6 Å². The predicted molar refractivity (Wildman–Crippen MR) is 185 cm³/mol. The molecule has 3 N–H and O–H groups in total. The minimum Gasteiger partial charge on any atom is -0.497 e. The van der Waals surface area contributed by atoms with Crippen molar-refractivity contribution in [1.29, 1.82) is 0 Å². The van der Waals surface area contributed by atoms with Gasteiger partial charge in [-0.3, -0.25) is 9.59 Å². The van der Waals surface area contributed by atoms with Gasteiger partial charge in [-0.15, -0.1) is 0 Å². The highest BCUT2D eigenvalue weighted by atomic mass is 35.5. The van der Waals surface area contributed by atoms with E-state index in [-0.39, 0.29) is 41.9 Å². The highest BCUT2D eigenvalue weighted by Crippen LogP contribution is 2.60. The summed E-state index contributed by atoms with van der Waals surface area (Å²) in [5, 5.41) is 18.3. The van der Waals surface area contributed by atoms with Gasteiger partial charge in [0.25, 0.3) is 5.91 Å². The molecule has 1 spiro atoms. The number of benzene rings is 3. The number of carbonyl (C=O) groups excluding carboxylic acids is 2. The molecule has 10 heteroatoms. The fraction of sp³-hybridized carbons (Fsp3) is 0.444. The van der Waals surface area contributed by atoms with Crippen LogP contribution in [0, 0.1) is 11.8 Å². The molecule has 2 amide bonds. The quantitative estimate of drug-likeness (QED) is 0.265. The minimum atomic E-state index is -2.27. The van der Waals surface area contributed by atoms with Crippen LogP contribution in [0.4, 0.5) is 11.4 Å². The fourth-order valence-electron chi connectivity index (χ4n) is 8.04. The van der Waals surface area contributed by atoms with Crippen molar-refractivity contribution in [2.24, 2.45) is 11.8 Å². The van der Waals surface area contributed by atoms with E-state index in [1.165, 1.54) is 5.19 Å². The Bertz CT molecular complexity index is 1580. The second-order valence-electron chi connectivity index (χ2n) is 13.5. The Hall–Kier alpha value is -3.21. The topological polar surface area (TPSA) is 100 Å². The van der Waals surface area contributed by atoms with Gasteiger partial charge >= 0.3 is 0 Å². The Kier molecular flexibility index (Phi) is 9.33. The second kappa shape index (κ2) is 13.1. The summed E-state index contributed by atoms with van der Waals surface area (Å²) in [6.07, 6.45) is 2.03. The summed E-state index contributed by atoms with van der Waals surface area (Å²) in [5.74, 6) is 0.524. The zero-order chi connectivity index (χ0) is 32.6. The summed E-state index contributed by atoms with van der Waals surface area (Å²) in [6.45, 7) is 8.75. The Morgan fingerprint density at radius 3 is 2.54 bits per heavy atom. The van der Waals surface area contributed by atoms with Crippen LogP contribution in [0.15, 0.2) is 66.7 Å². The van der Waals surface area contributed by atoms with E-state index in [9.17, 15) is 14.7 Å². The number of rotatable bonds is 9. The summed E-state index contributed by atoms with van der Waals surface area (Å²) in [6, 6.07) is 21.5. The first-order chi connectivity index (χ1) is 22.1. The van der Waals surface area contributed by atoms with Crippen LogP contribution in [0.5, 0.6) is 5.75 Å². The van der Waals surface area contributed by atoms with Crippen LogP contribution < -0.4 is 25.5 Å². The number of piperidine rings is 1. The van der Waals surface area contributed by atoms with E-state index in [1.54, 1.807) is 7.11 Å². The molecule has 46 heavy (non-hydrogen) atoms. The number of anilines is 2. The number of carbonyl (C=O) groups is 2. The Balaban J connectivity index is 1.30.